The van der Waals surface area contributed by atoms with Crippen LogP contribution in [0.5, 0.6) is 0 Å². The molecule has 2 saturated heterocycles. The second-order valence-corrected chi connectivity index (χ2v) is 5.09. The zero-order valence-electron chi connectivity index (χ0n) is 9.73. The van der Waals surface area contributed by atoms with Gasteiger partial charge < -0.3 is 9.64 Å². The maximum Gasteiger partial charge on any atom is 0.0626 e. The SMILES string of the molecule is CC(C)N1CC(N(C)C)C2COCC21. The van der Waals surface area contributed by atoms with Gasteiger partial charge in [-0.2, -0.15) is 0 Å². The molecule has 0 aromatic carbocycles. The van der Waals surface area contributed by atoms with Crippen LogP contribution in [0.2, 0.25) is 0 Å². The van der Waals surface area contributed by atoms with Crippen LogP contribution in [0.15, 0.2) is 0 Å². The average Bonchev–Trinajstić information content (AvgIpc) is 2.59. The molecule has 2 aliphatic heterocycles. The topological polar surface area (TPSA) is 15.7 Å². The maximum atomic E-state index is 5.60. The van der Waals surface area contributed by atoms with E-state index in [2.05, 4.69) is 37.7 Å². The van der Waals surface area contributed by atoms with Gasteiger partial charge in [0.25, 0.3) is 0 Å². The molecule has 0 spiro atoms. The molecule has 2 rings (SSSR count). The summed E-state index contributed by atoms with van der Waals surface area (Å²) >= 11 is 0. The molecule has 2 aliphatic rings. The predicted molar refractivity (Wildman–Crippen MR) is 57.4 cm³/mol. The fourth-order valence-corrected chi connectivity index (χ4v) is 2.90. The Labute approximate surface area is 87.0 Å². The van der Waals surface area contributed by atoms with Gasteiger partial charge in [0.05, 0.1) is 13.2 Å². The van der Waals surface area contributed by atoms with Crippen LogP contribution in [0.25, 0.3) is 0 Å². The number of nitrogens with zero attached hydrogens (tertiary/aromatic N) is 2. The summed E-state index contributed by atoms with van der Waals surface area (Å²) in [5.41, 5.74) is 0. The summed E-state index contributed by atoms with van der Waals surface area (Å²) in [6, 6.07) is 2.00. The minimum absolute atomic E-state index is 0.647. The second kappa shape index (κ2) is 3.80. The largest absolute Gasteiger partial charge is 0.379 e. The zero-order chi connectivity index (χ0) is 10.3. The highest BCUT2D eigenvalue weighted by Crippen LogP contribution is 2.33. The van der Waals surface area contributed by atoms with E-state index in [4.69, 9.17) is 4.74 Å². The molecule has 0 radical (unpaired) electrons. The fourth-order valence-electron chi connectivity index (χ4n) is 2.90. The molecule has 2 fully saturated rings. The molecule has 0 N–H and O–H groups in total. The lowest BCUT2D eigenvalue weighted by atomic mass is 9.99. The normalized spacial score (nSPS) is 38.6. The minimum Gasteiger partial charge on any atom is -0.379 e. The van der Waals surface area contributed by atoms with Crippen molar-refractivity contribution in [2.24, 2.45) is 5.92 Å². The molecule has 2 heterocycles. The first kappa shape index (κ1) is 10.4. The van der Waals surface area contributed by atoms with Crippen LogP contribution in [0.3, 0.4) is 0 Å². The monoisotopic (exact) mass is 198 g/mol. The van der Waals surface area contributed by atoms with Gasteiger partial charge in [0.15, 0.2) is 0 Å². The molecule has 0 saturated carbocycles. The van der Waals surface area contributed by atoms with Crippen molar-refractivity contribution in [2.45, 2.75) is 32.0 Å². The van der Waals surface area contributed by atoms with Crippen molar-refractivity contribution >= 4 is 0 Å². The van der Waals surface area contributed by atoms with Gasteiger partial charge in [-0.25, -0.2) is 0 Å². The molecule has 3 heteroatoms. The van der Waals surface area contributed by atoms with Crippen molar-refractivity contribution in [1.29, 1.82) is 0 Å². The molecule has 3 atom stereocenters. The Balaban J connectivity index is 2.11. The third kappa shape index (κ3) is 1.58. The zero-order valence-corrected chi connectivity index (χ0v) is 9.73. The number of likely N-dealkylation sites (tertiary alicyclic amines) is 1. The van der Waals surface area contributed by atoms with Crippen molar-refractivity contribution in [3.8, 4) is 0 Å². The molecule has 0 amide bonds. The van der Waals surface area contributed by atoms with Crippen LogP contribution in [0.1, 0.15) is 13.8 Å². The van der Waals surface area contributed by atoms with E-state index in [1.165, 1.54) is 6.54 Å². The van der Waals surface area contributed by atoms with Gasteiger partial charge >= 0.3 is 0 Å². The highest BCUT2D eigenvalue weighted by Gasteiger charge is 2.46. The van der Waals surface area contributed by atoms with Crippen LogP contribution in [-0.4, -0.2) is 61.8 Å². The summed E-state index contributed by atoms with van der Waals surface area (Å²) in [7, 11) is 4.37. The molecule has 0 aliphatic carbocycles. The van der Waals surface area contributed by atoms with Crippen LogP contribution in [-0.2, 0) is 4.74 Å². The number of fused-ring (bicyclic) bond motifs is 1. The lowest BCUT2D eigenvalue weighted by Gasteiger charge is -2.26. The van der Waals surface area contributed by atoms with E-state index in [9.17, 15) is 0 Å². The van der Waals surface area contributed by atoms with Crippen LogP contribution < -0.4 is 0 Å². The average molecular weight is 198 g/mol. The molecular formula is C11H22N2O. The van der Waals surface area contributed by atoms with Crippen LogP contribution in [0, 0.1) is 5.92 Å². The van der Waals surface area contributed by atoms with Crippen LogP contribution in [0.4, 0.5) is 0 Å². The Morgan fingerprint density at radius 1 is 1.29 bits per heavy atom. The van der Waals surface area contributed by atoms with E-state index in [-0.39, 0.29) is 0 Å². The summed E-state index contributed by atoms with van der Waals surface area (Å²) in [5, 5.41) is 0. The van der Waals surface area contributed by atoms with Gasteiger partial charge in [0, 0.05) is 30.6 Å². The van der Waals surface area contributed by atoms with Gasteiger partial charge in [-0.05, 0) is 27.9 Å². The summed E-state index contributed by atoms with van der Waals surface area (Å²) in [5.74, 6) is 0.729. The van der Waals surface area contributed by atoms with Crippen molar-refractivity contribution < 1.29 is 4.74 Å². The van der Waals surface area contributed by atoms with Gasteiger partial charge in [0.2, 0.25) is 0 Å². The van der Waals surface area contributed by atoms with Gasteiger partial charge in [0.1, 0.15) is 0 Å². The number of hydrogen-bond acceptors (Lipinski definition) is 3. The smallest absolute Gasteiger partial charge is 0.0626 e. The molecular weight excluding hydrogens is 176 g/mol. The number of rotatable bonds is 2. The van der Waals surface area contributed by atoms with E-state index < -0.39 is 0 Å². The van der Waals surface area contributed by atoms with Crippen molar-refractivity contribution in [2.75, 3.05) is 33.9 Å². The molecule has 0 aromatic rings. The molecule has 3 nitrogen and oxygen atoms in total. The predicted octanol–water partition coefficient (Wildman–Crippen LogP) is 0.656. The maximum absolute atomic E-state index is 5.60. The van der Waals surface area contributed by atoms with Crippen molar-refractivity contribution in [3.05, 3.63) is 0 Å². The quantitative estimate of drug-likeness (QED) is 0.648. The third-order valence-electron chi connectivity index (χ3n) is 3.74. The highest BCUT2D eigenvalue weighted by molar-refractivity contribution is 5.00. The van der Waals surface area contributed by atoms with Crippen molar-refractivity contribution in [3.63, 3.8) is 0 Å². The number of hydrogen-bond donors (Lipinski definition) is 0. The molecule has 0 bridgehead atoms. The lowest BCUT2D eigenvalue weighted by molar-refractivity contribution is 0.114. The summed E-state index contributed by atoms with van der Waals surface area (Å²) in [6.07, 6.45) is 0. The highest BCUT2D eigenvalue weighted by atomic mass is 16.5. The van der Waals surface area contributed by atoms with Gasteiger partial charge in [-0.3, -0.25) is 4.90 Å². The summed E-state index contributed by atoms with van der Waals surface area (Å²) < 4.78 is 5.60. The third-order valence-corrected chi connectivity index (χ3v) is 3.74. The Kier molecular flexibility index (Phi) is 2.82. The van der Waals surface area contributed by atoms with Crippen molar-refractivity contribution in [1.82, 2.24) is 9.80 Å². The van der Waals surface area contributed by atoms with E-state index in [0.717, 1.165) is 19.1 Å². The van der Waals surface area contributed by atoms with Gasteiger partial charge in [-0.1, -0.05) is 0 Å². The minimum atomic E-state index is 0.647. The lowest BCUT2D eigenvalue weighted by Crippen LogP contribution is -2.38. The van der Waals surface area contributed by atoms with E-state index in [0.29, 0.717) is 18.1 Å². The molecule has 14 heavy (non-hydrogen) atoms. The standard InChI is InChI=1S/C11H22N2O/c1-8(2)13-5-10(12(3)4)9-6-14-7-11(9)13/h8-11H,5-7H2,1-4H3. The second-order valence-electron chi connectivity index (χ2n) is 5.09. The van der Waals surface area contributed by atoms with E-state index >= 15 is 0 Å². The first-order valence-corrected chi connectivity index (χ1v) is 5.61. The first-order chi connectivity index (χ1) is 6.61. The Morgan fingerprint density at radius 3 is 2.57 bits per heavy atom. The van der Waals surface area contributed by atoms with Gasteiger partial charge in [-0.15, -0.1) is 0 Å². The Hall–Kier alpha value is -0.120. The number of likely N-dealkylation sites (N-methyl/N-ethyl adjacent to an activating group) is 1. The molecule has 82 valence electrons. The first-order valence-electron chi connectivity index (χ1n) is 5.61. The molecule has 0 aromatic heterocycles. The molecule has 3 unspecified atom stereocenters. The Bertz CT molecular complexity index is 181. The Morgan fingerprint density at radius 2 is 2.00 bits per heavy atom. The summed E-state index contributed by atoms with van der Waals surface area (Å²) in [6.45, 7) is 7.67. The van der Waals surface area contributed by atoms with E-state index in [1.54, 1.807) is 0 Å². The number of ether oxygens (including phenoxy) is 1. The summed E-state index contributed by atoms with van der Waals surface area (Å²) in [4.78, 5) is 4.96. The fraction of sp³-hybridized carbons (Fsp3) is 1.00. The van der Waals surface area contributed by atoms with Crippen LogP contribution >= 0.6 is 0 Å². The van der Waals surface area contributed by atoms with E-state index in [1.807, 2.05) is 0 Å².